The van der Waals surface area contributed by atoms with Crippen LogP contribution in [0, 0.1) is 0 Å². The number of ether oxygens (including phenoxy) is 1. The van der Waals surface area contributed by atoms with E-state index in [2.05, 4.69) is 5.10 Å². The normalized spacial score (nSPS) is 10.3. The summed E-state index contributed by atoms with van der Waals surface area (Å²) >= 11 is 0. The molecular weight excluding hydrogens is 228 g/mol. The number of benzene rings is 1. The Hall–Kier alpha value is -2.10. The average Bonchev–Trinajstić information content (AvgIpc) is 2.76. The molecule has 0 fully saturated rings. The van der Waals surface area contributed by atoms with E-state index in [1.165, 1.54) is 0 Å². The molecule has 1 heterocycles. The quantitative estimate of drug-likeness (QED) is 0.758. The molecule has 94 valence electrons. The second-order valence-electron chi connectivity index (χ2n) is 4.13. The van der Waals surface area contributed by atoms with Gasteiger partial charge in [0.2, 0.25) is 0 Å². The molecule has 0 aliphatic rings. The Kier molecular flexibility index (Phi) is 3.77. The van der Waals surface area contributed by atoms with Crippen LogP contribution in [0.3, 0.4) is 0 Å². The smallest absolute Gasteiger partial charge is 0.159 e. The van der Waals surface area contributed by atoms with Crippen molar-refractivity contribution in [1.29, 1.82) is 0 Å². The largest absolute Gasteiger partial charge is 0.493 e. The lowest BCUT2D eigenvalue weighted by molar-refractivity contribution is 0.101. The summed E-state index contributed by atoms with van der Waals surface area (Å²) < 4.78 is 7.45. The summed E-state index contributed by atoms with van der Waals surface area (Å²) in [6.07, 6.45) is 2.59. The fourth-order valence-electron chi connectivity index (χ4n) is 1.71. The van der Waals surface area contributed by atoms with Gasteiger partial charge in [-0.2, -0.15) is 5.10 Å². The average molecular weight is 244 g/mol. The van der Waals surface area contributed by atoms with E-state index in [4.69, 9.17) is 4.74 Å². The topological polar surface area (TPSA) is 44.1 Å². The lowest BCUT2D eigenvalue weighted by Gasteiger charge is -2.06. The second-order valence-corrected chi connectivity index (χ2v) is 4.13. The highest BCUT2D eigenvalue weighted by Crippen LogP contribution is 2.13. The van der Waals surface area contributed by atoms with Gasteiger partial charge in [0.25, 0.3) is 0 Å². The first-order chi connectivity index (χ1) is 8.66. The highest BCUT2D eigenvalue weighted by molar-refractivity contribution is 5.94. The molecule has 4 heteroatoms. The van der Waals surface area contributed by atoms with Crippen LogP contribution < -0.4 is 4.74 Å². The van der Waals surface area contributed by atoms with Gasteiger partial charge >= 0.3 is 0 Å². The van der Waals surface area contributed by atoms with Gasteiger partial charge in [-0.05, 0) is 37.3 Å². The highest BCUT2D eigenvalue weighted by atomic mass is 16.5. The van der Waals surface area contributed by atoms with Gasteiger partial charge in [-0.3, -0.25) is 9.48 Å². The van der Waals surface area contributed by atoms with Crippen LogP contribution in [0.4, 0.5) is 0 Å². The van der Waals surface area contributed by atoms with Gasteiger partial charge in [-0.1, -0.05) is 0 Å². The molecule has 2 aromatic rings. The fourth-order valence-corrected chi connectivity index (χ4v) is 1.71. The van der Waals surface area contributed by atoms with Crippen molar-refractivity contribution in [1.82, 2.24) is 9.78 Å². The molecule has 0 amide bonds. The highest BCUT2D eigenvalue weighted by Gasteiger charge is 2.01. The number of hydrogen-bond acceptors (Lipinski definition) is 3. The van der Waals surface area contributed by atoms with Gasteiger partial charge in [-0.15, -0.1) is 0 Å². The minimum atomic E-state index is 0.0661. The van der Waals surface area contributed by atoms with E-state index in [0.717, 1.165) is 17.9 Å². The third kappa shape index (κ3) is 2.97. The first-order valence-electron chi connectivity index (χ1n) is 5.87. The van der Waals surface area contributed by atoms with E-state index in [1.54, 1.807) is 25.3 Å². The number of nitrogens with zero attached hydrogens (tertiary/aromatic N) is 2. The summed E-state index contributed by atoms with van der Waals surface area (Å²) in [5, 5.41) is 4.10. The molecule has 4 nitrogen and oxygen atoms in total. The molecule has 0 bridgehead atoms. The predicted molar refractivity (Wildman–Crippen MR) is 68.9 cm³/mol. The van der Waals surface area contributed by atoms with E-state index in [-0.39, 0.29) is 5.78 Å². The molecule has 2 rings (SSSR count). The van der Waals surface area contributed by atoms with Gasteiger partial charge in [0.1, 0.15) is 5.75 Å². The van der Waals surface area contributed by atoms with E-state index >= 15 is 0 Å². The first kappa shape index (κ1) is 12.4. The van der Waals surface area contributed by atoms with Crippen LogP contribution in [-0.2, 0) is 13.5 Å². The van der Waals surface area contributed by atoms with Crippen LogP contribution >= 0.6 is 0 Å². The zero-order chi connectivity index (χ0) is 13.0. The maximum Gasteiger partial charge on any atom is 0.159 e. The monoisotopic (exact) mass is 244 g/mol. The Morgan fingerprint density at radius 3 is 2.56 bits per heavy atom. The SMILES string of the molecule is CC(=O)c1ccc(OCCc2ccnn2C)cc1. The zero-order valence-corrected chi connectivity index (χ0v) is 10.6. The summed E-state index contributed by atoms with van der Waals surface area (Å²) in [7, 11) is 1.91. The van der Waals surface area contributed by atoms with Gasteiger partial charge < -0.3 is 4.74 Å². The van der Waals surface area contributed by atoms with E-state index in [1.807, 2.05) is 29.9 Å². The maximum absolute atomic E-state index is 11.1. The minimum absolute atomic E-state index is 0.0661. The van der Waals surface area contributed by atoms with Crippen molar-refractivity contribution < 1.29 is 9.53 Å². The number of aryl methyl sites for hydroxylation is 1. The van der Waals surface area contributed by atoms with E-state index < -0.39 is 0 Å². The molecule has 0 aliphatic carbocycles. The molecule has 0 N–H and O–H groups in total. The van der Waals surface area contributed by atoms with Crippen molar-refractivity contribution in [3.63, 3.8) is 0 Å². The van der Waals surface area contributed by atoms with Crippen LogP contribution in [0.5, 0.6) is 5.75 Å². The van der Waals surface area contributed by atoms with Gasteiger partial charge in [0.05, 0.1) is 6.61 Å². The van der Waals surface area contributed by atoms with Crippen LogP contribution in [0.1, 0.15) is 23.0 Å². The maximum atomic E-state index is 11.1. The van der Waals surface area contributed by atoms with Gasteiger partial charge in [0, 0.05) is 30.9 Å². The Morgan fingerprint density at radius 2 is 2.00 bits per heavy atom. The van der Waals surface area contributed by atoms with Crippen molar-refractivity contribution in [2.45, 2.75) is 13.3 Å². The summed E-state index contributed by atoms with van der Waals surface area (Å²) in [6, 6.07) is 9.17. The number of ketones is 1. The number of hydrogen-bond donors (Lipinski definition) is 0. The van der Waals surface area contributed by atoms with E-state index in [0.29, 0.717) is 12.2 Å². The van der Waals surface area contributed by atoms with Crippen LogP contribution in [-0.4, -0.2) is 22.2 Å². The minimum Gasteiger partial charge on any atom is -0.493 e. The number of rotatable bonds is 5. The molecule has 0 saturated heterocycles. The lowest BCUT2D eigenvalue weighted by Crippen LogP contribution is -2.06. The number of Topliss-reactive ketones (excluding diaryl/α,β-unsaturated/α-hetero) is 1. The third-order valence-corrected chi connectivity index (χ3v) is 2.81. The second kappa shape index (κ2) is 5.49. The standard InChI is InChI=1S/C14H16N2O2/c1-11(17)12-3-5-14(6-4-12)18-10-8-13-7-9-15-16(13)2/h3-7,9H,8,10H2,1-2H3. The van der Waals surface area contributed by atoms with Crippen molar-refractivity contribution in [2.24, 2.45) is 7.05 Å². The van der Waals surface area contributed by atoms with Crippen LogP contribution in [0.2, 0.25) is 0 Å². The van der Waals surface area contributed by atoms with Crippen molar-refractivity contribution in [2.75, 3.05) is 6.61 Å². The molecule has 18 heavy (non-hydrogen) atoms. The summed E-state index contributed by atoms with van der Waals surface area (Å²) in [5.74, 6) is 0.846. The molecule has 0 saturated carbocycles. The number of carbonyl (C=O) groups excluding carboxylic acids is 1. The molecular formula is C14H16N2O2. The molecule has 0 atom stereocenters. The zero-order valence-electron chi connectivity index (χ0n) is 10.6. The molecule has 0 radical (unpaired) electrons. The van der Waals surface area contributed by atoms with Crippen LogP contribution in [0.25, 0.3) is 0 Å². The Morgan fingerprint density at radius 1 is 1.28 bits per heavy atom. The fraction of sp³-hybridized carbons (Fsp3) is 0.286. The number of carbonyl (C=O) groups is 1. The molecule has 0 aliphatic heterocycles. The summed E-state index contributed by atoms with van der Waals surface area (Å²) in [4.78, 5) is 11.1. The van der Waals surface area contributed by atoms with Gasteiger partial charge in [-0.25, -0.2) is 0 Å². The molecule has 1 aromatic heterocycles. The van der Waals surface area contributed by atoms with Gasteiger partial charge in [0.15, 0.2) is 5.78 Å². The summed E-state index contributed by atoms with van der Waals surface area (Å²) in [6.45, 7) is 2.15. The molecule has 1 aromatic carbocycles. The number of aromatic nitrogens is 2. The lowest BCUT2D eigenvalue weighted by atomic mass is 10.1. The Balaban J connectivity index is 1.87. The third-order valence-electron chi connectivity index (χ3n) is 2.81. The first-order valence-corrected chi connectivity index (χ1v) is 5.87. The Bertz CT molecular complexity index is 529. The summed E-state index contributed by atoms with van der Waals surface area (Å²) in [5.41, 5.74) is 1.84. The van der Waals surface area contributed by atoms with Crippen LogP contribution in [0.15, 0.2) is 36.5 Å². The van der Waals surface area contributed by atoms with Crippen molar-refractivity contribution in [3.05, 3.63) is 47.8 Å². The predicted octanol–water partition coefficient (Wildman–Crippen LogP) is 2.24. The molecule has 0 unspecified atom stereocenters. The Labute approximate surface area is 106 Å². The van der Waals surface area contributed by atoms with E-state index in [9.17, 15) is 4.79 Å². The van der Waals surface area contributed by atoms with Crippen molar-refractivity contribution >= 4 is 5.78 Å². The molecule has 0 spiro atoms. The van der Waals surface area contributed by atoms with Crippen molar-refractivity contribution in [3.8, 4) is 5.75 Å².